The van der Waals surface area contributed by atoms with E-state index >= 15 is 0 Å². The predicted octanol–water partition coefficient (Wildman–Crippen LogP) is 2.15. The van der Waals surface area contributed by atoms with Crippen LogP contribution in [0.4, 0.5) is 5.69 Å². The van der Waals surface area contributed by atoms with Gasteiger partial charge in [0.15, 0.2) is 0 Å². The lowest BCUT2D eigenvalue weighted by atomic mass is 10.4. The normalized spacial score (nSPS) is 10.4. The molecule has 0 atom stereocenters. The smallest absolute Gasteiger partial charge is 0.241 e. The minimum absolute atomic E-state index is 0.488. The summed E-state index contributed by atoms with van der Waals surface area (Å²) in [5.74, 6) is 1.02. The Morgan fingerprint density at radius 2 is 2.19 bits per heavy atom. The van der Waals surface area contributed by atoms with Crippen LogP contribution in [0.2, 0.25) is 5.02 Å². The van der Waals surface area contributed by atoms with Gasteiger partial charge in [-0.15, -0.1) is 0 Å². The fourth-order valence-corrected chi connectivity index (χ4v) is 1.50. The lowest BCUT2D eigenvalue weighted by molar-refractivity contribution is 0.431. The highest BCUT2D eigenvalue weighted by atomic mass is 35.5. The van der Waals surface area contributed by atoms with Crippen LogP contribution in [0.25, 0.3) is 0 Å². The van der Waals surface area contributed by atoms with Gasteiger partial charge in [0.25, 0.3) is 0 Å². The molecule has 0 aromatic carbocycles. The second-order valence-corrected chi connectivity index (χ2v) is 3.81. The Labute approximate surface area is 97.8 Å². The highest BCUT2D eigenvalue weighted by molar-refractivity contribution is 6.30. The van der Waals surface area contributed by atoms with Crippen molar-refractivity contribution in [3.63, 3.8) is 0 Å². The van der Waals surface area contributed by atoms with Crippen LogP contribution in [0.1, 0.15) is 5.69 Å². The number of aromatic nitrogens is 3. The van der Waals surface area contributed by atoms with Gasteiger partial charge >= 0.3 is 0 Å². The van der Waals surface area contributed by atoms with E-state index in [0.717, 1.165) is 5.69 Å². The summed E-state index contributed by atoms with van der Waals surface area (Å²) in [6.45, 7) is 1.82. The maximum absolute atomic E-state index is 5.83. The van der Waals surface area contributed by atoms with Gasteiger partial charge in [0.1, 0.15) is 11.4 Å². The van der Waals surface area contributed by atoms with Gasteiger partial charge in [-0.3, -0.25) is 4.98 Å². The molecule has 2 heterocycles. The number of aryl methyl sites for hydroxylation is 2. The van der Waals surface area contributed by atoms with E-state index in [0.29, 0.717) is 22.3 Å². The Morgan fingerprint density at radius 3 is 2.75 bits per heavy atom. The van der Waals surface area contributed by atoms with Gasteiger partial charge in [-0.05, 0) is 6.92 Å². The SMILES string of the molecule is Cc1nn(C)c(Oc2cncc(Cl)c2)c1N. The van der Waals surface area contributed by atoms with Crippen LogP contribution in [-0.4, -0.2) is 14.8 Å². The molecule has 0 radical (unpaired) electrons. The van der Waals surface area contributed by atoms with Crippen molar-refractivity contribution in [1.82, 2.24) is 14.8 Å². The molecule has 0 aliphatic carbocycles. The number of anilines is 1. The summed E-state index contributed by atoms with van der Waals surface area (Å²) < 4.78 is 7.15. The summed E-state index contributed by atoms with van der Waals surface area (Å²) in [6.07, 6.45) is 3.10. The second kappa shape index (κ2) is 4.02. The Balaban J connectivity index is 2.34. The standard InChI is InChI=1S/C10H11ClN4O/c1-6-9(12)10(15(2)14-6)16-8-3-7(11)4-13-5-8/h3-5H,12H2,1-2H3. The van der Waals surface area contributed by atoms with Crippen LogP contribution in [-0.2, 0) is 7.05 Å². The number of hydrogen-bond donors (Lipinski definition) is 1. The van der Waals surface area contributed by atoms with E-state index in [1.807, 2.05) is 6.92 Å². The molecular formula is C10H11ClN4O. The molecule has 0 saturated heterocycles. The van der Waals surface area contributed by atoms with Crippen LogP contribution >= 0.6 is 11.6 Å². The van der Waals surface area contributed by atoms with E-state index in [1.54, 1.807) is 24.0 Å². The first-order chi connectivity index (χ1) is 7.58. The molecule has 2 N–H and O–H groups in total. The van der Waals surface area contributed by atoms with Gasteiger partial charge in [-0.1, -0.05) is 11.6 Å². The van der Waals surface area contributed by atoms with E-state index in [-0.39, 0.29) is 0 Å². The summed E-state index contributed by atoms with van der Waals surface area (Å²) in [4.78, 5) is 3.92. The zero-order valence-electron chi connectivity index (χ0n) is 8.94. The summed E-state index contributed by atoms with van der Waals surface area (Å²) in [6, 6.07) is 1.66. The van der Waals surface area contributed by atoms with Crippen LogP contribution in [0.15, 0.2) is 18.5 Å². The molecule has 2 rings (SSSR count). The van der Waals surface area contributed by atoms with Crippen LogP contribution in [0.3, 0.4) is 0 Å². The Hall–Kier alpha value is -1.75. The van der Waals surface area contributed by atoms with E-state index < -0.39 is 0 Å². The van der Waals surface area contributed by atoms with Crippen molar-refractivity contribution in [2.24, 2.45) is 7.05 Å². The fourth-order valence-electron chi connectivity index (χ4n) is 1.33. The first-order valence-electron chi connectivity index (χ1n) is 4.65. The van der Waals surface area contributed by atoms with Crippen molar-refractivity contribution in [3.8, 4) is 11.6 Å². The van der Waals surface area contributed by atoms with Gasteiger partial charge in [0, 0.05) is 19.3 Å². The minimum Gasteiger partial charge on any atom is -0.436 e. The van der Waals surface area contributed by atoms with E-state index in [2.05, 4.69) is 10.1 Å². The number of pyridine rings is 1. The van der Waals surface area contributed by atoms with Crippen molar-refractivity contribution >= 4 is 17.3 Å². The van der Waals surface area contributed by atoms with E-state index in [4.69, 9.17) is 22.1 Å². The third-order valence-corrected chi connectivity index (χ3v) is 2.32. The van der Waals surface area contributed by atoms with Gasteiger partial charge in [0.2, 0.25) is 5.88 Å². The first-order valence-corrected chi connectivity index (χ1v) is 5.03. The first kappa shape index (κ1) is 10.8. The lowest BCUT2D eigenvalue weighted by Gasteiger charge is -2.06. The number of halogens is 1. The lowest BCUT2D eigenvalue weighted by Crippen LogP contribution is -1.97. The zero-order valence-corrected chi connectivity index (χ0v) is 9.69. The quantitative estimate of drug-likeness (QED) is 0.871. The van der Waals surface area contributed by atoms with Gasteiger partial charge < -0.3 is 10.5 Å². The Morgan fingerprint density at radius 1 is 1.44 bits per heavy atom. The molecule has 84 valence electrons. The monoisotopic (exact) mass is 238 g/mol. The average Bonchev–Trinajstić information content (AvgIpc) is 2.45. The van der Waals surface area contributed by atoms with Gasteiger partial charge in [0.05, 0.1) is 16.9 Å². The van der Waals surface area contributed by atoms with Crippen molar-refractivity contribution in [3.05, 3.63) is 29.2 Å². The maximum Gasteiger partial charge on any atom is 0.241 e. The van der Waals surface area contributed by atoms with Crippen LogP contribution < -0.4 is 10.5 Å². The molecule has 5 nitrogen and oxygen atoms in total. The third-order valence-electron chi connectivity index (χ3n) is 2.11. The van der Waals surface area contributed by atoms with Gasteiger partial charge in [-0.25, -0.2) is 4.68 Å². The Kier molecular flexibility index (Phi) is 2.70. The largest absolute Gasteiger partial charge is 0.436 e. The molecule has 2 aromatic rings. The molecule has 0 aliphatic heterocycles. The number of ether oxygens (including phenoxy) is 1. The van der Waals surface area contributed by atoms with Crippen molar-refractivity contribution in [2.45, 2.75) is 6.92 Å². The number of nitrogens with zero attached hydrogens (tertiary/aromatic N) is 3. The van der Waals surface area contributed by atoms with E-state index in [1.165, 1.54) is 6.20 Å². The molecule has 0 unspecified atom stereocenters. The topological polar surface area (TPSA) is 66.0 Å². The third kappa shape index (κ3) is 1.94. The summed E-state index contributed by atoms with van der Waals surface area (Å²) in [5, 5.41) is 4.65. The number of nitrogen functional groups attached to an aromatic ring is 1. The maximum atomic E-state index is 5.83. The molecule has 0 fully saturated rings. The molecule has 0 bridgehead atoms. The van der Waals surface area contributed by atoms with Crippen LogP contribution in [0.5, 0.6) is 11.6 Å². The molecule has 0 aliphatic rings. The molecule has 0 saturated carbocycles. The highest BCUT2D eigenvalue weighted by Gasteiger charge is 2.12. The number of nitrogens with two attached hydrogens (primary N) is 1. The minimum atomic E-state index is 0.488. The molecule has 16 heavy (non-hydrogen) atoms. The van der Waals surface area contributed by atoms with E-state index in [9.17, 15) is 0 Å². The number of rotatable bonds is 2. The molecule has 0 amide bonds. The molecule has 0 spiro atoms. The zero-order chi connectivity index (χ0) is 11.7. The predicted molar refractivity (Wildman–Crippen MR) is 61.7 cm³/mol. The summed E-state index contributed by atoms with van der Waals surface area (Å²) >= 11 is 5.80. The highest BCUT2D eigenvalue weighted by Crippen LogP contribution is 2.29. The summed E-state index contributed by atoms with van der Waals surface area (Å²) in [5.41, 5.74) is 7.07. The fraction of sp³-hybridized carbons (Fsp3) is 0.200. The molecular weight excluding hydrogens is 228 g/mol. The number of hydrogen-bond acceptors (Lipinski definition) is 4. The Bertz CT molecular complexity index is 524. The average molecular weight is 239 g/mol. The van der Waals surface area contributed by atoms with Crippen molar-refractivity contribution in [2.75, 3.05) is 5.73 Å². The molecule has 2 aromatic heterocycles. The summed E-state index contributed by atoms with van der Waals surface area (Å²) in [7, 11) is 1.76. The van der Waals surface area contributed by atoms with Crippen molar-refractivity contribution in [1.29, 1.82) is 0 Å². The van der Waals surface area contributed by atoms with Gasteiger partial charge in [-0.2, -0.15) is 5.10 Å². The van der Waals surface area contributed by atoms with Crippen LogP contribution in [0, 0.1) is 6.92 Å². The van der Waals surface area contributed by atoms with Crippen molar-refractivity contribution < 1.29 is 4.74 Å². The second-order valence-electron chi connectivity index (χ2n) is 3.37. The molecule has 6 heteroatoms.